The molecule has 5 heteroatoms. The molecule has 0 fully saturated rings. The van der Waals surface area contributed by atoms with Crippen LogP contribution in [0.2, 0.25) is 0 Å². The fraction of sp³-hybridized carbons (Fsp3) is 0.920. The molecule has 1 N–H and O–H groups in total. The molecule has 0 aliphatic carbocycles. The number of aliphatic hydroxyl groups excluding tert-OH is 1. The molecule has 0 aromatic heterocycles. The van der Waals surface area contributed by atoms with Crippen LogP contribution in [-0.4, -0.2) is 36.9 Å². The highest BCUT2D eigenvalue weighted by Crippen LogP contribution is 2.16. The van der Waals surface area contributed by atoms with Crippen LogP contribution in [0.4, 0.5) is 0 Å². The lowest BCUT2D eigenvalue weighted by molar-refractivity contribution is -0.162. The van der Waals surface area contributed by atoms with Crippen LogP contribution in [0, 0.1) is 5.92 Å². The predicted octanol–water partition coefficient (Wildman–Crippen LogP) is 6.35. The van der Waals surface area contributed by atoms with E-state index in [0.29, 0.717) is 19.6 Å². The van der Waals surface area contributed by atoms with E-state index >= 15 is 0 Å². The molecule has 178 valence electrons. The average molecular weight is 429 g/mol. The Bertz CT molecular complexity index is 367. The zero-order chi connectivity index (χ0) is 22.3. The van der Waals surface area contributed by atoms with Crippen LogP contribution in [0.3, 0.4) is 0 Å². The van der Waals surface area contributed by atoms with Gasteiger partial charge in [-0.25, -0.2) is 0 Å². The van der Waals surface area contributed by atoms with E-state index < -0.39 is 17.9 Å². The third-order valence-electron chi connectivity index (χ3n) is 5.45. The summed E-state index contributed by atoms with van der Waals surface area (Å²) in [5.41, 5.74) is 0. The second kappa shape index (κ2) is 22.6. The minimum Gasteiger partial charge on any atom is -0.465 e. The predicted molar refractivity (Wildman–Crippen MR) is 122 cm³/mol. The summed E-state index contributed by atoms with van der Waals surface area (Å²) in [5, 5.41) is 8.88. The molecule has 0 unspecified atom stereocenters. The first-order valence-electron chi connectivity index (χ1n) is 12.6. The van der Waals surface area contributed by atoms with Gasteiger partial charge in [0.2, 0.25) is 0 Å². The minimum absolute atomic E-state index is 0.185. The van der Waals surface area contributed by atoms with Crippen LogP contribution in [0.15, 0.2) is 0 Å². The molecule has 0 rings (SSSR count). The van der Waals surface area contributed by atoms with Gasteiger partial charge in [-0.05, 0) is 25.7 Å². The summed E-state index contributed by atoms with van der Waals surface area (Å²) in [4.78, 5) is 25.0. The van der Waals surface area contributed by atoms with Gasteiger partial charge in [0.15, 0.2) is 5.92 Å². The van der Waals surface area contributed by atoms with Gasteiger partial charge in [0.1, 0.15) is 0 Å². The number of ether oxygens (including phenoxy) is 2. The maximum absolute atomic E-state index is 12.5. The number of hydrogen-bond acceptors (Lipinski definition) is 5. The second-order valence-electron chi connectivity index (χ2n) is 8.35. The zero-order valence-electron chi connectivity index (χ0n) is 19.8. The van der Waals surface area contributed by atoms with E-state index in [-0.39, 0.29) is 6.61 Å². The summed E-state index contributed by atoms with van der Waals surface area (Å²) in [5.74, 6) is -1.67. The first-order valence-corrected chi connectivity index (χ1v) is 12.6. The Labute approximate surface area is 185 Å². The molecule has 0 saturated carbocycles. The quantitative estimate of drug-likeness (QED) is 0.123. The minimum atomic E-state index is -0.806. The normalized spacial score (nSPS) is 11.1. The van der Waals surface area contributed by atoms with E-state index in [2.05, 4.69) is 13.8 Å². The lowest BCUT2D eigenvalue weighted by atomic mass is 10.0. The third-order valence-corrected chi connectivity index (χ3v) is 5.45. The number of carbonyl (C=O) groups is 2. The van der Waals surface area contributed by atoms with E-state index in [1.165, 1.54) is 51.4 Å². The van der Waals surface area contributed by atoms with E-state index in [1.54, 1.807) is 0 Å². The largest absolute Gasteiger partial charge is 0.465 e. The smallest absolute Gasteiger partial charge is 0.320 e. The first kappa shape index (κ1) is 28.9. The van der Waals surface area contributed by atoms with Crippen LogP contribution in [0.1, 0.15) is 123 Å². The van der Waals surface area contributed by atoms with Gasteiger partial charge >= 0.3 is 11.9 Å². The summed E-state index contributed by atoms with van der Waals surface area (Å²) >= 11 is 0. The number of esters is 2. The van der Waals surface area contributed by atoms with E-state index in [4.69, 9.17) is 14.6 Å². The van der Waals surface area contributed by atoms with E-state index in [9.17, 15) is 9.59 Å². The molecular formula is C25H48O5. The molecular weight excluding hydrogens is 380 g/mol. The van der Waals surface area contributed by atoms with Crippen molar-refractivity contribution in [3.8, 4) is 0 Å². The number of carbonyl (C=O) groups excluding carboxylic acids is 2. The fourth-order valence-corrected chi connectivity index (χ4v) is 3.46. The number of unbranched alkanes of at least 4 members (excludes halogenated alkanes) is 13. The first-order chi connectivity index (χ1) is 14.7. The highest BCUT2D eigenvalue weighted by Gasteiger charge is 2.29. The number of hydrogen-bond donors (Lipinski definition) is 1. The van der Waals surface area contributed by atoms with Crippen molar-refractivity contribution in [1.29, 1.82) is 0 Å². The van der Waals surface area contributed by atoms with E-state index in [0.717, 1.165) is 51.4 Å². The molecule has 0 saturated heterocycles. The number of aliphatic hydroxyl groups is 1. The van der Waals surface area contributed by atoms with Crippen molar-refractivity contribution in [2.75, 3.05) is 19.8 Å². The molecule has 0 heterocycles. The van der Waals surface area contributed by atoms with Gasteiger partial charge in [-0.15, -0.1) is 0 Å². The Hall–Kier alpha value is -1.10. The molecule has 0 radical (unpaired) electrons. The van der Waals surface area contributed by atoms with Gasteiger partial charge in [0.05, 0.1) is 13.2 Å². The zero-order valence-corrected chi connectivity index (χ0v) is 19.8. The molecule has 0 amide bonds. The van der Waals surface area contributed by atoms with Crippen molar-refractivity contribution in [1.82, 2.24) is 0 Å². The average Bonchev–Trinajstić information content (AvgIpc) is 2.74. The lowest BCUT2D eigenvalue weighted by Gasteiger charge is -2.15. The Balaban J connectivity index is 4.23. The molecule has 0 aliphatic heterocycles. The lowest BCUT2D eigenvalue weighted by Crippen LogP contribution is -2.28. The molecule has 0 aromatic carbocycles. The standard InChI is InChI=1S/C25H48O5/c1-3-5-7-9-13-17-21-29-24(27)23(19-15-11-12-16-20-26)25(28)30-22-18-14-10-8-6-4-2/h23,26H,3-22H2,1-2H3. The van der Waals surface area contributed by atoms with Crippen LogP contribution in [-0.2, 0) is 19.1 Å². The second-order valence-corrected chi connectivity index (χ2v) is 8.35. The molecule has 0 bridgehead atoms. The molecule has 30 heavy (non-hydrogen) atoms. The van der Waals surface area contributed by atoms with Gasteiger partial charge in [-0.3, -0.25) is 9.59 Å². The maximum atomic E-state index is 12.5. The van der Waals surface area contributed by atoms with Crippen LogP contribution in [0.25, 0.3) is 0 Å². The Morgan fingerprint density at radius 3 is 1.47 bits per heavy atom. The van der Waals surface area contributed by atoms with Crippen molar-refractivity contribution in [2.24, 2.45) is 5.92 Å². The molecule has 0 aliphatic rings. The SMILES string of the molecule is CCCCCCCCOC(=O)C(CCCCCCO)C(=O)OCCCCCCCC. The number of rotatable bonds is 22. The van der Waals surface area contributed by atoms with Crippen LogP contribution >= 0.6 is 0 Å². The van der Waals surface area contributed by atoms with Crippen molar-refractivity contribution >= 4 is 11.9 Å². The Kier molecular flexibility index (Phi) is 21.8. The summed E-state index contributed by atoms with van der Waals surface area (Å²) in [7, 11) is 0. The fourth-order valence-electron chi connectivity index (χ4n) is 3.46. The monoisotopic (exact) mass is 428 g/mol. The van der Waals surface area contributed by atoms with Crippen molar-refractivity contribution in [3.63, 3.8) is 0 Å². The summed E-state index contributed by atoms with van der Waals surface area (Å²) in [6.07, 6.45) is 17.3. The van der Waals surface area contributed by atoms with Gasteiger partial charge in [-0.1, -0.05) is 97.3 Å². The molecule has 0 atom stereocenters. The van der Waals surface area contributed by atoms with Crippen molar-refractivity contribution in [2.45, 2.75) is 123 Å². The molecule has 5 nitrogen and oxygen atoms in total. The highest BCUT2D eigenvalue weighted by atomic mass is 16.6. The van der Waals surface area contributed by atoms with Crippen LogP contribution in [0.5, 0.6) is 0 Å². The van der Waals surface area contributed by atoms with Gasteiger partial charge in [0, 0.05) is 6.61 Å². The molecule has 0 spiro atoms. The summed E-state index contributed by atoms with van der Waals surface area (Å²) in [6.45, 7) is 5.34. The van der Waals surface area contributed by atoms with Crippen molar-refractivity contribution < 1.29 is 24.2 Å². The maximum Gasteiger partial charge on any atom is 0.320 e. The van der Waals surface area contributed by atoms with E-state index in [1.807, 2.05) is 0 Å². The van der Waals surface area contributed by atoms with Gasteiger partial charge < -0.3 is 14.6 Å². The van der Waals surface area contributed by atoms with Gasteiger partial charge in [-0.2, -0.15) is 0 Å². The third kappa shape index (κ3) is 17.7. The highest BCUT2D eigenvalue weighted by molar-refractivity contribution is 5.94. The summed E-state index contributed by atoms with van der Waals surface area (Å²) < 4.78 is 10.8. The van der Waals surface area contributed by atoms with Gasteiger partial charge in [0.25, 0.3) is 0 Å². The Morgan fingerprint density at radius 1 is 0.600 bits per heavy atom. The summed E-state index contributed by atoms with van der Waals surface area (Å²) in [6, 6.07) is 0. The topological polar surface area (TPSA) is 72.8 Å². The Morgan fingerprint density at radius 2 is 1.00 bits per heavy atom. The van der Waals surface area contributed by atoms with Crippen molar-refractivity contribution in [3.05, 3.63) is 0 Å². The van der Waals surface area contributed by atoms with Crippen LogP contribution < -0.4 is 0 Å². The molecule has 0 aromatic rings.